The summed E-state index contributed by atoms with van der Waals surface area (Å²) in [6.45, 7) is 8.31. The molecule has 0 aliphatic carbocycles. The predicted octanol–water partition coefficient (Wildman–Crippen LogP) is 2.39. The van der Waals surface area contributed by atoms with Crippen LogP contribution in [0.5, 0.6) is 0 Å². The van der Waals surface area contributed by atoms with Gasteiger partial charge in [0.2, 0.25) is 10.0 Å². The van der Waals surface area contributed by atoms with Crippen molar-refractivity contribution >= 4 is 10.0 Å². The Hall–Kier alpha value is -0.910. The largest absolute Gasteiger partial charge is 0.314 e. The van der Waals surface area contributed by atoms with Crippen LogP contribution >= 0.6 is 0 Å². The SMILES string of the molecule is CCNC1CCN(S(=O)(=O)c2cccc(C)c2)CC1CC. The van der Waals surface area contributed by atoms with Crippen molar-refractivity contribution in [3.05, 3.63) is 29.8 Å². The molecule has 1 N–H and O–H groups in total. The molecule has 1 saturated heterocycles. The molecule has 21 heavy (non-hydrogen) atoms. The first kappa shape index (κ1) is 16.5. The Bertz CT molecular complexity index is 571. The van der Waals surface area contributed by atoms with Crippen molar-refractivity contribution in [3.8, 4) is 0 Å². The van der Waals surface area contributed by atoms with Gasteiger partial charge in [-0.05, 0) is 43.5 Å². The van der Waals surface area contributed by atoms with Gasteiger partial charge in [0.1, 0.15) is 0 Å². The van der Waals surface area contributed by atoms with Gasteiger partial charge < -0.3 is 5.32 Å². The third kappa shape index (κ3) is 3.65. The van der Waals surface area contributed by atoms with E-state index in [9.17, 15) is 8.42 Å². The van der Waals surface area contributed by atoms with Crippen molar-refractivity contribution in [2.45, 2.75) is 44.6 Å². The van der Waals surface area contributed by atoms with Crippen LogP contribution in [-0.4, -0.2) is 38.4 Å². The average molecular weight is 310 g/mol. The molecule has 2 rings (SSSR count). The summed E-state index contributed by atoms with van der Waals surface area (Å²) in [5, 5.41) is 3.48. The van der Waals surface area contributed by atoms with Gasteiger partial charge in [-0.3, -0.25) is 0 Å². The highest BCUT2D eigenvalue weighted by molar-refractivity contribution is 7.89. The molecule has 1 fully saturated rings. The van der Waals surface area contributed by atoms with Gasteiger partial charge in [0.25, 0.3) is 0 Å². The molecule has 2 atom stereocenters. The average Bonchev–Trinajstić information content (AvgIpc) is 2.47. The summed E-state index contributed by atoms with van der Waals surface area (Å²) >= 11 is 0. The minimum atomic E-state index is -3.36. The first-order chi connectivity index (χ1) is 9.98. The smallest absolute Gasteiger partial charge is 0.243 e. The summed E-state index contributed by atoms with van der Waals surface area (Å²) in [4.78, 5) is 0.416. The minimum Gasteiger partial charge on any atom is -0.314 e. The van der Waals surface area contributed by atoms with Gasteiger partial charge in [-0.25, -0.2) is 8.42 Å². The third-order valence-electron chi connectivity index (χ3n) is 4.31. The molecular weight excluding hydrogens is 284 g/mol. The summed E-state index contributed by atoms with van der Waals surface area (Å²) in [7, 11) is -3.36. The minimum absolute atomic E-state index is 0.387. The molecule has 1 heterocycles. The lowest BCUT2D eigenvalue weighted by molar-refractivity contribution is 0.204. The van der Waals surface area contributed by atoms with E-state index < -0.39 is 10.0 Å². The van der Waals surface area contributed by atoms with E-state index in [2.05, 4.69) is 19.2 Å². The Morgan fingerprint density at radius 1 is 1.33 bits per heavy atom. The van der Waals surface area contributed by atoms with Crippen molar-refractivity contribution in [3.63, 3.8) is 0 Å². The Morgan fingerprint density at radius 2 is 2.10 bits per heavy atom. The summed E-state index contributed by atoms with van der Waals surface area (Å²) in [6.07, 6.45) is 1.88. The van der Waals surface area contributed by atoms with E-state index in [0.29, 0.717) is 29.9 Å². The van der Waals surface area contributed by atoms with E-state index in [0.717, 1.165) is 24.9 Å². The van der Waals surface area contributed by atoms with Crippen LogP contribution in [0, 0.1) is 12.8 Å². The molecule has 1 aromatic carbocycles. The Labute approximate surface area is 128 Å². The lowest BCUT2D eigenvalue weighted by atomic mass is 9.91. The molecule has 0 saturated carbocycles. The maximum atomic E-state index is 12.8. The molecule has 1 aromatic rings. The van der Waals surface area contributed by atoms with Crippen LogP contribution < -0.4 is 5.32 Å². The zero-order valence-electron chi connectivity index (χ0n) is 13.2. The highest BCUT2D eigenvalue weighted by atomic mass is 32.2. The monoisotopic (exact) mass is 310 g/mol. The van der Waals surface area contributed by atoms with Crippen molar-refractivity contribution < 1.29 is 8.42 Å². The van der Waals surface area contributed by atoms with E-state index >= 15 is 0 Å². The second-order valence-corrected chi connectivity index (χ2v) is 7.74. The molecule has 5 heteroatoms. The molecule has 0 amide bonds. The number of aryl methyl sites for hydroxylation is 1. The lowest BCUT2D eigenvalue weighted by Crippen LogP contribution is -2.50. The number of rotatable bonds is 5. The van der Waals surface area contributed by atoms with Gasteiger partial charge in [0.05, 0.1) is 4.90 Å². The number of benzene rings is 1. The number of hydrogen-bond donors (Lipinski definition) is 1. The van der Waals surface area contributed by atoms with E-state index in [1.165, 1.54) is 0 Å². The molecule has 1 aliphatic heterocycles. The molecule has 4 nitrogen and oxygen atoms in total. The van der Waals surface area contributed by atoms with Crippen LogP contribution in [0.2, 0.25) is 0 Å². The van der Waals surface area contributed by atoms with Crippen molar-refractivity contribution in [2.24, 2.45) is 5.92 Å². The van der Waals surface area contributed by atoms with Crippen LogP contribution in [0.3, 0.4) is 0 Å². The van der Waals surface area contributed by atoms with Gasteiger partial charge in [0.15, 0.2) is 0 Å². The van der Waals surface area contributed by atoms with Crippen LogP contribution in [0.15, 0.2) is 29.2 Å². The molecule has 0 aromatic heterocycles. The standard InChI is InChI=1S/C16H26N2O2S/c1-4-14-12-18(10-9-16(14)17-5-2)21(19,20)15-8-6-7-13(3)11-15/h6-8,11,14,16-17H,4-5,9-10,12H2,1-3H3. The summed E-state index contributed by atoms with van der Waals surface area (Å²) < 4.78 is 27.2. The quantitative estimate of drug-likeness (QED) is 0.908. The Kier molecular flexibility index (Phi) is 5.41. The van der Waals surface area contributed by atoms with Crippen molar-refractivity contribution in [2.75, 3.05) is 19.6 Å². The van der Waals surface area contributed by atoms with E-state index in [1.54, 1.807) is 16.4 Å². The fourth-order valence-corrected chi connectivity index (χ4v) is 4.70. The fourth-order valence-electron chi connectivity index (χ4n) is 3.09. The van der Waals surface area contributed by atoms with Gasteiger partial charge in [-0.2, -0.15) is 4.31 Å². The summed E-state index contributed by atoms with van der Waals surface area (Å²) in [5.41, 5.74) is 0.977. The van der Waals surface area contributed by atoms with E-state index in [4.69, 9.17) is 0 Å². The van der Waals surface area contributed by atoms with Crippen LogP contribution in [0.1, 0.15) is 32.3 Å². The van der Waals surface area contributed by atoms with Crippen molar-refractivity contribution in [1.29, 1.82) is 0 Å². The first-order valence-electron chi connectivity index (χ1n) is 7.79. The third-order valence-corrected chi connectivity index (χ3v) is 6.18. The molecule has 1 aliphatic rings. The van der Waals surface area contributed by atoms with E-state index in [-0.39, 0.29) is 0 Å². The predicted molar refractivity (Wildman–Crippen MR) is 85.8 cm³/mol. The number of nitrogens with zero attached hydrogens (tertiary/aromatic N) is 1. The molecule has 118 valence electrons. The molecule has 2 unspecified atom stereocenters. The molecule has 0 bridgehead atoms. The van der Waals surface area contributed by atoms with E-state index in [1.807, 2.05) is 19.1 Å². The van der Waals surface area contributed by atoms with Crippen LogP contribution in [0.25, 0.3) is 0 Å². The zero-order valence-corrected chi connectivity index (χ0v) is 14.0. The van der Waals surface area contributed by atoms with Gasteiger partial charge in [-0.15, -0.1) is 0 Å². The second-order valence-electron chi connectivity index (χ2n) is 5.80. The zero-order chi connectivity index (χ0) is 15.5. The van der Waals surface area contributed by atoms with Gasteiger partial charge in [-0.1, -0.05) is 32.4 Å². The topological polar surface area (TPSA) is 49.4 Å². The number of sulfonamides is 1. The van der Waals surface area contributed by atoms with Gasteiger partial charge in [0, 0.05) is 19.1 Å². The molecule has 0 spiro atoms. The summed E-state index contributed by atoms with van der Waals surface area (Å²) in [6, 6.07) is 7.62. The van der Waals surface area contributed by atoms with Gasteiger partial charge >= 0.3 is 0 Å². The fraction of sp³-hybridized carbons (Fsp3) is 0.625. The Morgan fingerprint density at radius 3 is 2.71 bits per heavy atom. The van der Waals surface area contributed by atoms with Crippen LogP contribution in [0.4, 0.5) is 0 Å². The number of piperidine rings is 1. The molecular formula is C16H26N2O2S. The second kappa shape index (κ2) is 6.90. The normalized spacial score (nSPS) is 24.1. The lowest BCUT2D eigenvalue weighted by Gasteiger charge is -2.38. The van der Waals surface area contributed by atoms with Crippen molar-refractivity contribution in [1.82, 2.24) is 9.62 Å². The maximum absolute atomic E-state index is 12.8. The molecule has 0 radical (unpaired) electrons. The number of nitrogens with one attached hydrogen (secondary N) is 1. The maximum Gasteiger partial charge on any atom is 0.243 e. The highest BCUT2D eigenvalue weighted by Crippen LogP contribution is 2.26. The highest BCUT2D eigenvalue weighted by Gasteiger charge is 2.34. The number of hydrogen-bond acceptors (Lipinski definition) is 3. The van der Waals surface area contributed by atoms with Crippen LogP contribution in [-0.2, 0) is 10.0 Å². The Balaban J connectivity index is 2.18. The summed E-state index contributed by atoms with van der Waals surface area (Å²) in [5.74, 6) is 0.387. The first-order valence-corrected chi connectivity index (χ1v) is 9.23.